The molecule has 2 aromatic heterocycles. The quantitative estimate of drug-likeness (QED) is 0.542. The smallest absolute Gasteiger partial charge is 0.301 e. The summed E-state index contributed by atoms with van der Waals surface area (Å²) in [5, 5.41) is 22.4. The molecule has 4 rings (SSSR count). The van der Waals surface area contributed by atoms with Gasteiger partial charge in [-0.15, -0.1) is 0 Å². The van der Waals surface area contributed by atoms with Gasteiger partial charge in [-0.3, -0.25) is 0 Å². The van der Waals surface area contributed by atoms with Crippen molar-refractivity contribution < 1.29 is 18.3 Å². The minimum absolute atomic E-state index is 0.0255. The Hall–Kier alpha value is -2.96. The molecule has 1 atom stereocenters. The lowest BCUT2D eigenvalue weighted by Crippen LogP contribution is -2.29. The minimum Gasteiger partial charge on any atom is -0.387 e. The number of aliphatic hydroxyl groups is 1. The van der Waals surface area contributed by atoms with E-state index in [9.17, 15) is 23.5 Å². The van der Waals surface area contributed by atoms with Gasteiger partial charge in [-0.1, -0.05) is 23.7 Å². The molecule has 0 amide bonds. The highest BCUT2D eigenvalue weighted by molar-refractivity contribution is 6.30. The number of nitrogens with zero attached hydrogens (tertiary/aromatic N) is 4. The third kappa shape index (κ3) is 3.66. The maximum atomic E-state index is 14.7. The molecule has 1 unspecified atom stereocenters. The van der Waals surface area contributed by atoms with Crippen molar-refractivity contribution in [1.82, 2.24) is 15.0 Å². The molecule has 2 N–H and O–H groups in total. The normalized spacial score (nSPS) is 16.0. The maximum absolute atomic E-state index is 14.7. The highest BCUT2D eigenvalue weighted by atomic mass is 35.5. The maximum Gasteiger partial charge on any atom is 0.301 e. The van der Waals surface area contributed by atoms with Gasteiger partial charge in [0.05, 0.1) is 22.4 Å². The molecule has 1 aliphatic carbocycles. The Morgan fingerprint density at radius 1 is 1.35 bits per heavy atom. The number of nitrogens with one attached hydrogen (secondary N) is 1. The Balaban J connectivity index is 1.68. The molecule has 10 heteroatoms. The van der Waals surface area contributed by atoms with Crippen LogP contribution in [0.15, 0.2) is 30.6 Å². The van der Waals surface area contributed by atoms with Crippen LogP contribution >= 0.6 is 11.6 Å². The van der Waals surface area contributed by atoms with Crippen molar-refractivity contribution in [3.05, 3.63) is 58.3 Å². The number of anilines is 1. The molecule has 0 saturated heterocycles. The first kappa shape index (κ1) is 21.3. The third-order valence-electron chi connectivity index (χ3n) is 5.47. The first-order valence-electron chi connectivity index (χ1n) is 9.50. The topological polar surface area (TPSA) is 94.7 Å². The number of halogens is 4. The summed E-state index contributed by atoms with van der Waals surface area (Å²) in [7, 11) is 0. The predicted octanol–water partition coefficient (Wildman–Crippen LogP) is 4.46. The molecule has 6 nitrogen and oxygen atoms in total. The molecule has 1 saturated carbocycles. The molecule has 160 valence electrons. The van der Waals surface area contributed by atoms with Gasteiger partial charge >= 0.3 is 5.92 Å². The van der Waals surface area contributed by atoms with E-state index in [2.05, 4.69) is 26.3 Å². The Labute approximate surface area is 180 Å². The zero-order valence-corrected chi connectivity index (χ0v) is 17.1. The van der Waals surface area contributed by atoms with E-state index in [1.54, 1.807) is 6.07 Å². The number of aromatic nitrogens is 3. The monoisotopic (exact) mass is 447 g/mol. The summed E-state index contributed by atoms with van der Waals surface area (Å²) in [4.78, 5) is 12.5. The van der Waals surface area contributed by atoms with E-state index in [4.69, 9.17) is 11.6 Å². The summed E-state index contributed by atoms with van der Waals surface area (Å²) >= 11 is 6.25. The zero-order valence-electron chi connectivity index (χ0n) is 16.3. The van der Waals surface area contributed by atoms with Gasteiger partial charge in [-0.2, -0.15) is 14.0 Å². The zero-order chi connectivity index (χ0) is 22.4. The van der Waals surface area contributed by atoms with Gasteiger partial charge in [0.1, 0.15) is 29.2 Å². The van der Waals surface area contributed by atoms with E-state index in [0.717, 1.165) is 13.0 Å². The van der Waals surface area contributed by atoms with Gasteiger partial charge in [-0.05, 0) is 31.9 Å². The highest BCUT2D eigenvalue weighted by Gasteiger charge is 2.47. The Morgan fingerprint density at radius 3 is 2.74 bits per heavy atom. The SMILES string of the molecule is CC(O)C(F)(F)c1cccc(CNc2ncnc3nc(Cl)c(C4(C#N)CC4)cc23)c1F. The molecular weight excluding hydrogens is 431 g/mol. The summed E-state index contributed by atoms with van der Waals surface area (Å²) in [6.07, 6.45) is 0.546. The van der Waals surface area contributed by atoms with Crippen molar-refractivity contribution in [2.75, 3.05) is 5.32 Å². The number of hydrogen-bond donors (Lipinski definition) is 2. The number of rotatable bonds is 6. The molecule has 1 aromatic carbocycles. The Morgan fingerprint density at radius 2 is 2.10 bits per heavy atom. The van der Waals surface area contributed by atoms with Crippen LogP contribution in [0.1, 0.15) is 36.5 Å². The van der Waals surface area contributed by atoms with E-state index in [1.807, 2.05) is 0 Å². The number of aliphatic hydroxyl groups excluding tert-OH is 1. The van der Waals surface area contributed by atoms with Crippen LogP contribution in [-0.2, 0) is 17.9 Å². The first-order chi connectivity index (χ1) is 14.7. The molecule has 0 spiro atoms. The molecule has 1 aliphatic rings. The van der Waals surface area contributed by atoms with Gasteiger partial charge in [0, 0.05) is 17.7 Å². The molecule has 31 heavy (non-hydrogen) atoms. The lowest BCUT2D eigenvalue weighted by molar-refractivity contribution is -0.108. The van der Waals surface area contributed by atoms with Crippen molar-refractivity contribution in [3.63, 3.8) is 0 Å². The van der Waals surface area contributed by atoms with E-state index in [1.165, 1.54) is 18.5 Å². The number of hydrogen-bond acceptors (Lipinski definition) is 6. The standard InChI is InChI=1S/C21H17ClF3N5O/c1-11(31)21(24,25)14-4-2-3-12(16(14)23)8-27-18-13-7-15(20(9-26)5-6-20)17(22)30-19(13)29-10-28-18/h2-4,7,10-11,31H,5-6,8H2,1H3,(H,27,28,29,30). The van der Waals surface area contributed by atoms with Gasteiger partial charge in [0.2, 0.25) is 0 Å². The molecular formula is C21H17ClF3N5O. The lowest BCUT2D eigenvalue weighted by Gasteiger charge is -2.21. The second-order valence-corrected chi connectivity index (χ2v) is 7.90. The number of alkyl halides is 2. The lowest BCUT2D eigenvalue weighted by atomic mass is 9.98. The van der Waals surface area contributed by atoms with Gasteiger partial charge in [-0.25, -0.2) is 19.3 Å². The molecule has 0 radical (unpaired) electrons. The van der Waals surface area contributed by atoms with Crippen LogP contribution in [-0.4, -0.2) is 26.2 Å². The average molecular weight is 448 g/mol. The van der Waals surface area contributed by atoms with Crippen molar-refractivity contribution >= 4 is 28.5 Å². The van der Waals surface area contributed by atoms with Crippen LogP contribution in [0.25, 0.3) is 11.0 Å². The summed E-state index contributed by atoms with van der Waals surface area (Å²) in [5.74, 6) is -4.54. The fourth-order valence-corrected chi connectivity index (χ4v) is 3.70. The van der Waals surface area contributed by atoms with Crippen LogP contribution in [0.5, 0.6) is 0 Å². The average Bonchev–Trinajstić information content (AvgIpc) is 3.53. The van der Waals surface area contributed by atoms with Gasteiger partial charge in [0.15, 0.2) is 5.65 Å². The van der Waals surface area contributed by atoms with Crippen LogP contribution in [0, 0.1) is 17.1 Å². The van der Waals surface area contributed by atoms with Crippen molar-refractivity contribution in [3.8, 4) is 6.07 Å². The molecule has 0 bridgehead atoms. The fraction of sp³-hybridized carbons (Fsp3) is 0.333. The highest BCUT2D eigenvalue weighted by Crippen LogP contribution is 2.50. The summed E-state index contributed by atoms with van der Waals surface area (Å²) < 4.78 is 43.0. The number of fused-ring (bicyclic) bond motifs is 1. The van der Waals surface area contributed by atoms with Crippen molar-refractivity contribution in [2.45, 2.75) is 43.8 Å². The second-order valence-electron chi connectivity index (χ2n) is 7.55. The fourth-order valence-electron chi connectivity index (χ4n) is 3.39. The van der Waals surface area contributed by atoms with Crippen molar-refractivity contribution in [2.24, 2.45) is 0 Å². The molecule has 2 heterocycles. The van der Waals surface area contributed by atoms with E-state index < -0.39 is 28.8 Å². The van der Waals surface area contributed by atoms with E-state index in [-0.39, 0.29) is 22.9 Å². The Bertz CT molecular complexity index is 1210. The van der Waals surface area contributed by atoms with E-state index >= 15 is 0 Å². The molecule has 3 aromatic rings. The number of pyridine rings is 1. The van der Waals surface area contributed by atoms with Gasteiger partial charge < -0.3 is 10.4 Å². The summed E-state index contributed by atoms with van der Waals surface area (Å²) in [5.41, 5.74) is -0.725. The van der Waals surface area contributed by atoms with Gasteiger partial charge in [0.25, 0.3) is 0 Å². The van der Waals surface area contributed by atoms with Crippen LogP contribution in [0.4, 0.5) is 19.0 Å². The summed E-state index contributed by atoms with van der Waals surface area (Å²) in [6.45, 7) is 0.754. The number of nitriles is 1. The number of benzene rings is 1. The van der Waals surface area contributed by atoms with Crippen LogP contribution in [0.2, 0.25) is 5.15 Å². The third-order valence-corrected chi connectivity index (χ3v) is 5.75. The predicted molar refractivity (Wildman–Crippen MR) is 108 cm³/mol. The van der Waals surface area contributed by atoms with Crippen LogP contribution in [0.3, 0.4) is 0 Å². The van der Waals surface area contributed by atoms with Crippen LogP contribution < -0.4 is 5.32 Å². The second kappa shape index (κ2) is 7.62. The minimum atomic E-state index is -3.73. The summed E-state index contributed by atoms with van der Waals surface area (Å²) in [6, 6.07) is 7.56. The first-order valence-corrected chi connectivity index (χ1v) is 9.88. The Kier molecular flexibility index (Phi) is 5.23. The largest absolute Gasteiger partial charge is 0.387 e. The van der Waals surface area contributed by atoms with Crippen molar-refractivity contribution in [1.29, 1.82) is 5.26 Å². The molecule has 1 fully saturated rings. The van der Waals surface area contributed by atoms with E-state index in [0.29, 0.717) is 29.6 Å². The molecule has 0 aliphatic heterocycles.